The highest BCUT2D eigenvalue weighted by Crippen LogP contribution is 2.49. The maximum absolute atomic E-state index is 12.3. The fourth-order valence-electron chi connectivity index (χ4n) is 4.94. The predicted octanol–water partition coefficient (Wildman–Crippen LogP) is 3.81. The van der Waals surface area contributed by atoms with E-state index in [0.29, 0.717) is 12.3 Å². The van der Waals surface area contributed by atoms with Crippen LogP contribution in [0.3, 0.4) is 0 Å². The fraction of sp³-hybridized carbons (Fsp3) is 0.826. The van der Waals surface area contributed by atoms with Gasteiger partial charge in [0.1, 0.15) is 5.78 Å². The van der Waals surface area contributed by atoms with Crippen LogP contribution in [0, 0.1) is 23.2 Å². The monoisotopic (exact) mass is 394 g/mol. The summed E-state index contributed by atoms with van der Waals surface area (Å²) in [6.45, 7) is 4.31. The first-order valence-electron chi connectivity index (χ1n) is 10.9. The van der Waals surface area contributed by atoms with E-state index in [9.17, 15) is 19.8 Å². The number of esters is 1. The first-order valence-corrected chi connectivity index (χ1v) is 10.9. The summed E-state index contributed by atoms with van der Waals surface area (Å²) in [5, 5.41) is 20.9. The molecular formula is C23H38O5. The summed E-state index contributed by atoms with van der Waals surface area (Å²) < 4.78 is 4.63. The van der Waals surface area contributed by atoms with Crippen molar-refractivity contribution in [1.29, 1.82) is 0 Å². The zero-order valence-corrected chi connectivity index (χ0v) is 17.7. The van der Waals surface area contributed by atoms with Gasteiger partial charge in [0.05, 0.1) is 19.3 Å². The van der Waals surface area contributed by atoms with Crippen LogP contribution in [0.4, 0.5) is 0 Å². The molecule has 2 aliphatic rings. The van der Waals surface area contributed by atoms with Crippen molar-refractivity contribution in [2.75, 3.05) is 7.11 Å². The Kier molecular flexibility index (Phi) is 8.69. The molecule has 2 fully saturated rings. The van der Waals surface area contributed by atoms with Gasteiger partial charge in [-0.3, -0.25) is 9.59 Å². The second kappa shape index (κ2) is 10.5. The smallest absolute Gasteiger partial charge is 0.305 e. The van der Waals surface area contributed by atoms with E-state index in [1.807, 2.05) is 12.2 Å². The molecule has 28 heavy (non-hydrogen) atoms. The lowest BCUT2D eigenvalue weighted by molar-refractivity contribution is -0.140. The number of methoxy groups -OCH3 is 1. The van der Waals surface area contributed by atoms with E-state index >= 15 is 0 Å². The van der Waals surface area contributed by atoms with Crippen molar-refractivity contribution in [3.8, 4) is 0 Å². The van der Waals surface area contributed by atoms with E-state index in [0.717, 1.165) is 51.4 Å². The molecule has 0 saturated heterocycles. The first-order chi connectivity index (χ1) is 13.3. The van der Waals surface area contributed by atoms with Gasteiger partial charge >= 0.3 is 5.97 Å². The van der Waals surface area contributed by atoms with Crippen molar-refractivity contribution in [3.05, 3.63) is 12.2 Å². The Balaban J connectivity index is 1.79. The van der Waals surface area contributed by atoms with E-state index in [1.165, 1.54) is 7.11 Å². The van der Waals surface area contributed by atoms with Crippen molar-refractivity contribution in [1.82, 2.24) is 0 Å². The number of ether oxygens (including phenoxy) is 1. The number of Topliss-reactive ketones (excluding diaryl/α,β-unsaturated/α-hetero) is 1. The maximum Gasteiger partial charge on any atom is 0.305 e. The molecule has 0 aliphatic heterocycles. The van der Waals surface area contributed by atoms with Gasteiger partial charge in [0.2, 0.25) is 0 Å². The number of ketones is 1. The van der Waals surface area contributed by atoms with Crippen LogP contribution in [-0.2, 0) is 14.3 Å². The highest BCUT2D eigenvalue weighted by Gasteiger charge is 2.44. The van der Waals surface area contributed by atoms with Gasteiger partial charge in [-0.1, -0.05) is 51.7 Å². The molecule has 0 spiro atoms. The maximum atomic E-state index is 12.3. The van der Waals surface area contributed by atoms with Gasteiger partial charge in [0.25, 0.3) is 0 Å². The van der Waals surface area contributed by atoms with Crippen molar-refractivity contribution in [2.24, 2.45) is 23.2 Å². The first kappa shape index (κ1) is 23.1. The number of carbonyl (C=O) groups excluding carboxylic acids is 2. The van der Waals surface area contributed by atoms with Crippen LogP contribution >= 0.6 is 0 Å². The van der Waals surface area contributed by atoms with Gasteiger partial charge in [-0.25, -0.2) is 0 Å². The number of hydrogen-bond donors (Lipinski definition) is 2. The number of rotatable bonds is 11. The summed E-state index contributed by atoms with van der Waals surface area (Å²) in [5.74, 6) is 0.313. The van der Waals surface area contributed by atoms with Gasteiger partial charge in [0.15, 0.2) is 0 Å². The third kappa shape index (κ3) is 5.90. The SMILES string of the molecule is CCC1CC(C)([C@@H](O)C=C[C@H]2[C@H](O)CC(=O)[C@@H]2CCCCCCC(=O)OC)C1. The number of unbranched alkanes of at least 4 members (excludes halogenated alkanes) is 3. The molecule has 2 rings (SSSR count). The molecule has 0 amide bonds. The minimum Gasteiger partial charge on any atom is -0.469 e. The molecule has 0 aromatic rings. The van der Waals surface area contributed by atoms with Crippen molar-refractivity contribution in [2.45, 2.75) is 90.3 Å². The summed E-state index contributed by atoms with van der Waals surface area (Å²) in [5.41, 5.74) is -0.0696. The van der Waals surface area contributed by atoms with E-state index in [2.05, 4.69) is 18.6 Å². The standard InChI is InChI=1S/C23H38O5/c1-4-16-14-23(2,15-16)21(26)12-11-18-17(19(24)13-20(18)25)9-7-5-6-8-10-22(27)28-3/h11-12,16-18,20-21,25-26H,4-10,13-15H2,1-3H3/t16?,17-,18-,20-,21+,23?/m1/s1. The van der Waals surface area contributed by atoms with Crippen LogP contribution in [0.2, 0.25) is 0 Å². The Morgan fingerprint density at radius 2 is 1.96 bits per heavy atom. The zero-order valence-electron chi connectivity index (χ0n) is 17.7. The largest absolute Gasteiger partial charge is 0.469 e. The Morgan fingerprint density at radius 1 is 1.29 bits per heavy atom. The lowest BCUT2D eigenvalue weighted by Gasteiger charge is -2.47. The van der Waals surface area contributed by atoms with Gasteiger partial charge in [-0.2, -0.15) is 0 Å². The minimum absolute atomic E-state index is 0.0696. The Morgan fingerprint density at radius 3 is 2.61 bits per heavy atom. The molecule has 0 radical (unpaired) electrons. The second-order valence-corrected chi connectivity index (χ2v) is 9.12. The Hall–Kier alpha value is -1.20. The third-order valence-electron chi connectivity index (χ3n) is 6.92. The summed E-state index contributed by atoms with van der Waals surface area (Å²) in [4.78, 5) is 23.4. The molecule has 160 valence electrons. The lowest BCUT2D eigenvalue weighted by Crippen LogP contribution is -2.43. The number of hydrogen-bond acceptors (Lipinski definition) is 5. The van der Waals surface area contributed by atoms with Gasteiger partial charge < -0.3 is 14.9 Å². The molecule has 2 N–H and O–H groups in total. The quantitative estimate of drug-likeness (QED) is 0.316. The topological polar surface area (TPSA) is 83.8 Å². The highest BCUT2D eigenvalue weighted by molar-refractivity contribution is 5.84. The molecule has 5 heteroatoms. The summed E-state index contributed by atoms with van der Waals surface area (Å²) >= 11 is 0. The molecule has 0 bridgehead atoms. The van der Waals surface area contributed by atoms with Crippen LogP contribution in [0.15, 0.2) is 12.2 Å². The van der Waals surface area contributed by atoms with Crippen LogP contribution in [-0.4, -0.2) is 41.3 Å². The van der Waals surface area contributed by atoms with Gasteiger partial charge in [-0.05, 0) is 37.0 Å². The molecule has 0 aromatic heterocycles. The van der Waals surface area contributed by atoms with Crippen LogP contribution in [0.1, 0.15) is 78.1 Å². The summed E-state index contributed by atoms with van der Waals surface area (Å²) in [6, 6.07) is 0. The number of carbonyl (C=O) groups is 2. The Labute approximate surface area is 169 Å². The van der Waals surface area contributed by atoms with E-state index in [-0.39, 0.29) is 35.4 Å². The molecule has 0 aromatic carbocycles. The second-order valence-electron chi connectivity index (χ2n) is 9.12. The minimum atomic E-state index is -0.641. The predicted molar refractivity (Wildman–Crippen MR) is 109 cm³/mol. The normalized spacial score (nSPS) is 33.8. The number of aliphatic hydroxyl groups is 2. The van der Waals surface area contributed by atoms with Gasteiger partial charge in [0, 0.05) is 24.7 Å². The molecule has 2 saturated carbocycles. The van der Waals surface area contributed by atoms with E-state index in [4.69, 9.17) is 0 Å². The molecule has 4 atom stereocenters. The van der Waals surface area contributed by atoms with Crippen molar-refractivity contribution >= 4 is 11.8 Å². The molecular weight excluding hydrogens is 356 g/mol. The molecule has 0 heterocycles. The van der Waals surface area contributed by atoms with E-state index < -0.39 is 12.2 Å². The highest BCUT2D eigenvalue weighted by atomic mass is 16.5. The van der Waals surface area contributed by atoms with Crippen LogP contribution in [0.5, 0.6) is 0 Å². The van der Waals surface area contributed by atoms with Crippen molar-refractivity contribution in [3.63, 3.8) is 0 Å². The lowest BCUT2D eigenvalue weighted by atomic mass is 9.59. The van der Waals surface area contributed by atoms with Crippen LogP contribution < -0.4 is 0 Å². The number of aliphatic hydroxyl groups excluding tert-OH is 2. The summed E-state index contributed by atoms with van der Waals surface area (Å²) in [6.07, 6.45) is 10.8. The molecule has 5 nitrogen and oxygen atoms in total. The molecule has 0 unspecified atom stereocenters. The average molecular weight is 395 g/mol. The summed E-state index contributed by atoms with van der Waals surface area (Å²) in [7, 11) is 1.40. The fourth-order valence-corrected chi connectivity index (χ4v) is 4.94. The third-order valence-corrected chi connectivity index (χ3v) is 6.92. The van der Waals surface area contributed by atoms with E-state index in [1.54, 1.807) is 0 Å². The Bertz CT molecular complexity index is 549. The van der Waals surface area contributed by atoms with Crippen molar-refractivity contribution < 1.29 is 24.5 Å². The molecule has 2 aliphatic carbocycles. The zero-order chi connectivity index (χ0) is 20.7. The van der Waals surface area contributed by atoms with Gasteiger partial charge in [-0.15, -0.1) is 0 Å². The average Bonchev–Trinajstić information content (AvgIpc) is 2.92. The van der Waals surface area contributed by atoms with Crippen LogP contribution in [0.25, 0.3) is 0 Å².